The monoisotopic (exact) mass is 500 g/mol. The molecule has 12 nitrogen and oxygen atoms in total. The SMILES string of the molecule is CC1(NC(=O)O[C@H]2CO[C@@H](c3cc(Nc4nccc5nc(CN6CCOCC6)cn45)n[nH]3)[C@H]2F)CC1. The van der Waals surface area contributed by atoms with Crippen molar-refractivity contribution in [2.75, 3.05) is 38.2 Å². The molecule has 3 aliphatic rings. The van der Waals surface area contributed by atoms with Gasteiger partial charge in [-0.3, -0.25) is 14.4 Å². The molecule has 1 saturated carbocycles. The molecule has 0 radical (unpaired) electrons. The van der Waals surface area contributed by atoms with Crippen LogP contribution in [0.5, 0.6) is 0 Å². The van der Waals surface area contributed by atoms with Crippen LogP contribution in [0.2, 0.25) is 0 Å². The van der Waals surface area contributed by atoms with Crippen molar-refractivity contribution in [2.45, 2.75) is 50.2 Å². The molecule has 3 aromatic rings. The molecule has 0 aromatic carbocycles. The average Bonchev–Trinajstić information content (AvgIpc) is 3.20. The van der Waals surface area contributed by atoms with Gasteiger partial charge in [0.05, 0.1) is 31.2 Å². The minimum atomic E-state index is -1.52. The van der Waals surface area contributed by atoms with Gasteiger partial charge in [0.15, 0.2) is 18.1 Å². The predicted octanol–water partition coefficient (Wildman–Crippen LogP) is 2.08. The summed E-state index contributed by atoms with van der Waals surface area (Å²) in [7, 11) is 0. The molecule has 2 aliphatic heterocycles. The van der Waals surface area contributed by atoms with Crippen LogP contribution in [0.15, 0.2) is 24.5 Å². The molecule has 192 valence electrons. The highest BCUT2D eigenvalue weighted by molar-refractivity contribution is 5.69. The number of fused-ring (bicyclic) bond motifs is 1. The number of aromatic amines is 1. The zero-order chi connectivity index (χ0) is 24.7. The Kier molecular flexibility index (Phi) is 5.97. The molecular weight excluding hydrogens is 471 g/mol. The van der Waals surface area contributed by atoms with Crippen LogP contribution < -0.4 is 10.6 Å². The van der Waals surface area contributed by atoms with Crippen molar-refractivity contribution < 1.29 is 23.4 Å². The third kappa shape index (κ3) is 4.86. The number of H-pyrrole nitrogens is 1. The Morgan fingerprint density at radius 1 is 1.36 bits per heavy atom. The van der Waals surface area contributed by atoms with Crippen molar-refractivity contribution in [3.8, 4) is 0 Å². The van der Waals surface area contributed by atoms with Crippen molar-refractivity contribution in [3.05, 3.63) is 35.9 Å². The molecule has 5 heterocycles. The highest BCUT2D eigenvalue weighted by Gasteiger charge is 2.44. The topological polar surface area (TPSA) is 131 Å². The lowest BCUT2D eigenvalue weighted by molar-refractivity contribution is 0.0337. The van der Waals surface area contributed by atoms with E-state index in [4.69, 9.17) is 19.2 Å². The first-order valence-corrected chi connectivity index (χ1v) is 12.2. The Balaban J connectivity index is 1.11. The van der Waals surface area contributed by atoms with Crippen molar-refractivity contribution in [1.82, 2.24) is 34.8 Å². The molecule has 6 rings (SSSR count). The predicted molar refractivity (Wildman–Crippen MR) is 126 cm³/mol. The molecule has 3 aromatic heterocycles. The summed E-state index contributed by atoms with van der Waals surface area (Å²) in [5, 5.41) is 13.0. The quantitative estimate of drug-likeness (QED) is 0.446. The summed E-state index contributed by atoms with van der Waals surface area (Å²) in [6.07, 6.45) is 1.37. The van der Waals surface area contributed by atoms with E-state index in [-0.39, 0.29) is 12.1 Å². The van der Waals surface area contributed by atoms with Gasteiger partial charge in [-0.25, -0.2) is 19.2 Å². The van der Waals surface area contributed by atoms with E-state index in [1.54, 1.807) is 12.3 Å². The van der Waals surface area contributed by atoms with E-state index in [2.05, 4.69) is 30.7 Å². The molecule has 3 N–H and O–H groups in total. The number of halogens is 1. The first-order chi connectivity index (χ1) is 17.5. The number of rotatable bonds is 7. The zero-order valence-corrected chi connectivity index (χ0v) is 19.9. The highest BCUT2D eigenvalue weighted by Crippen LogP contribution is 2.36. The van der Waals surface area contributed by atoms with Crippen LogP contribution >= 0.6 is 0 Å². The number of carbonyl (C=O) groups excluding carboxylic acids is 1. The van der Waals surface area contributed by atoms with Gasteiger partial charge >= 0.3 is 6.09 Å². The van der Waals surface area contributed by atoms with Crippen LogP contribution in [-0.4, -0.2) is 86.3 Å². The molecular formula is C23H29FN8O4. The number of alkyl halides is 1. The summed E-state index contributed by atoms with van der Waals surface area (Å²) in [4.78, 5) is 23.5. The van der Waals surface area contributed by atoms with Crippen LogP contribution in [0.4, 0.5) is 21.0 Å². The number of hydrogen-bond acceptors (Lipinski definition) is 9. The van der Waals surface area contributed by atoms with E-state index >= 15 is 4.39 Å². The zero-order valence-electron chi connectivity index (χ0n) is 19.9. The summed E-state index contributed by atoms with van der Waals surface area (Å²) in [5.41, 5.74) is 1.89. The number of ether oxygens (including phenoxy) is 3. The van der Waals surface area contributed by atoms with Crippen LogP contribution in [-0.2, 0) is 20.8 Å². The van der Waals surface area contributed by atoms with E-state index in [0.717, 1.165) is 57.0 Å². The van der Waals surface area contributed by atoms with Gasteiger partial charge in [0.2, 0.25) is 5.95 Å². The van der Waals surface area contributed by atoms with E-state index in [1.165, 1.54) is 0 Å². The second kappa shape index (κ2) is 9.30. The van der Waals surface area contributed by atoms with Gasteiger partial charge < -0.3 is 24.8 Å². The second-order valence-electron chi connectivity index (χ2n) is 9.78. The Bertz CT molecular complexity index is 1240. The number of morpholine rings is 1. The first-order valence-electron chi connectivity index (χ1n) is 12.2. The van der Waals surface area contributed by atoms with E-state index in [9.17, 15) is 4.79 Å². The second-order valence-corrected chi connectivity index (χ2v) is 9.78. The van der Waals surface area contributed by atoms with Crippen LogP contribution in [0.25, 0.3) is 5.65 Å². The minimum absolute atomic E-state index is 0.0282. The normalized spacial score (nSPS) is 25.7. The average molecular weight is 501 g/mol. The van der Waals surface area contributed by atoms with Crippen molar-refractivity contribution in [1.29, 1.82) is 0 Å². The molecule has 1 aliphatic carbocycles. The fourth-order valence-electron chi connectivity index (χ4n) is 4.45. The van der Waals surface area contributed by atoms with Crippen LogP contribution in [0, 0.1) is 0 Å². The molecule has 0 spiro atoms. The number of aromatic nitrogens is 5. The third-order valence-electron chi connectivity index (χ3n) is 6.81. The molecule has 0 unspecified atom stereocenters. The number of alkyl carbamates (subject to hydrolysis) is 1. The first kappa shape index (κ1) is 23.1. The van der Waals surface area contributed by atoms with Gasteiger partial charge in [0.1, 0.15) is 11.8 Å². The van der Waals surface area contributed by atoms with E-state index in [1.807, 2.05) is 23.6 Å². The number of nitrogens with zero attached hydrogens (tertiary/aromatic N) is 5. The fraction of sp³-hybridized carbons (Fsp3) is 0.565. The summed E-state index contributed by atoms with van der Waals surface area (Å²) in [5.74, 6) is 0.981. The number of nitrogens with one attached hydrogen (secondary N) is 3. The number of imidazole rings is 1. The fourth-order valence-corrected chi connectivity index (χ4v) is 4.45. The summed E-state index contributed by atoms with van der Waals surface area (Å²) < 4.78 is 33.2. The van der Waals surface area contributed by atoms with Gasteiger partial charge in [0, 0.05) is 43.6 Å². The molecule has 3 fully saturated rings. The molecule has 0 bridgehead atoms. The smallest absolute Gasteiger partial charge is 0.408 e. The highest BCUT2D eigenvalue weighted by atomic mass is 19.1. The Morgan fingerprint density at radius 3 is 3.00 bits per heavy atom. The number of hydrogen-bond donors (Lipinski definition) is 3. The Morgan fingerprint density at radius 2 is 2.19 bits per heavy atom. The van der Waals surface area contributed by atoms with Gasteiger partial charge in [-0.2, -0.15) is 5.10 Å². The minimum Gasteiger partial charge on any atom is -0.441 e. The largest absolute Gasteiger partial charge is 0.441 e. The summed E-state index contributed by atoms with van der Waals surface area (Å²) >= 11 is 0. The number of amides is 1. The maximum atomic E-state index is 15.1. The van der Waals surface area contributed by atoms with Gasteiger partial charge in [-0.05, 0) is 25.8 Å². The van der Waals surface area contributed by atoms with E-state index < -0.39 is 24.5 Å². The van der Waals surface area contributed by atoms with Gasteiger partial charge in [0.25, 0.3) is 0 Å². The van der Waals surface area contributed by atoms with Gasteiger partial charge in [-0.15, -0.1) is 0 Å². The summed E-state index contributed by atoms with van der Waals surface area (Å²) in [6, 6.07) is 3.50. The molecule has 1 amide bonds. The molecule has 2 saturated heterocycles. The number of anilines is 2. The Hall–Kier alpha value is -3.29. The Labute approximate surface area is 206 Å². The maximum absolute atomic E-state index is 15.1. The third-order valence-corrected chi connectivity index (χ3v) is 6.81. The lowest BCUT2D eigenvalue weighted by atomic mass is 10.1. The number of carbonyl (C=O) groups is 1. The van der Waals surface area contributed by atoms with Crippen molar-refractivity contribution in [2.24, 2.45) is 0 Å². The molecule has 13 heteroatoms. The van der Waals surface area contributed by atoms with Crippen molar-refractivity contribution >= 4 is 23.5 Å². The summed E-state index contributed by atoms with van der Waals surface area (Å²) in [6.45, 7) is 5.84. The standard InChI is InChI=1S/C23H29FN8O4/c1-23(3-4-23)28-22(33)36-16-13-35-20(19(16)24)15-10-17(30-29-15)27-21-25-5-2-18-26-14(12-32(18)21)11-31-6-8-34-9-7-31/h2,5,10,12,16,19-20H,3-4,6-9,11,13H2,1H3,(H,28,33)(H2,25,27,29,30)/t16-,19-,20-/m0/s1. The lowest BCUT2D eigenvalue weighted by Crippen LogP contribution is -2.39. The molecule has 3 atom stereocenters. The van der Waals surface area contributed by atoms with Crippen molar-refractivity contribution in [3.63, 3.8) is 0 Å². The van der Waals surface area contributed by atoms with Crippen LogP contribution in [0.1, 0.15) is 37.3 Å². The lowest BCUT2D eigenvalue weighted by Gasteiger charge is -2.25. The van der Waals surface area contributed by atoms with Gasteiger partial charge in [-0.1, -0.05) is 0 Å². The van der Waals surface area contributed by atoms with E-state index in [0.29, 0.717) is 17.5 Å². The molecule has 36 heavy (non-hydrogen) atoms. The van der Waals surface area contributed by atoms with Crippen LogP contribution in [0.3, 0.4) is 0 Å². The maximum Gasteiger partial charge on any atom is 0.408 e.